The molecule has 0 bridgehead atoms. The summed E-state index contributed by atoms with van der Waals surface area (Å²) in [5.74, 6) is 0.978. The molecule has 1 fully saturated rings. The summed E-state index contributed by atoms with van der Waals surface area (Å²) in [5.41, 5.74) is 6.36. The lowest BCUT2D eigenvalue weighted by Gasteiger charge is -2.30. The first-order valence-electron chi connectivity index (χ1n) is 5.37. The predicted molar refractivity (Wildman–Crippen MR) is 62.9 cm³/mol. The SMILES string of the molecule is CN1CC(Nc2cc(N)ccn2)CCC1=O. The van der Waals surface area contributed by atoms with E-state index in [-0.39, 0.29) is 11.9 Å². The van der Waals surface area contributed by atoms with Crippen LogP contribution in [0.2, 0.25) is 0 Å². The highest BCUT2D eigenvalue weighted by molar-refractivity contribution is 5.77. The molecule has 16 heavy (non-hydrogen) atoms. The summed E-state index contributed by atoms with van der Waals surface area (Å²) in [5, 5.41) is 3.29. The van der Waals surface area contributed by atoms with Gasteiger partial charge in [-0.05, 0) is 12.5 Å². The maximum Gasteiger partial charge on any atom is 0.222 e. The molecule has 0 spiro atoms. The lowest BCUT2D eigenvalue weighted by molar-refractivity contribution is -0.132. The van der Waals surface area contributed by atoms with E-state index < -0.39 is 0 Å². The van der Waals surface area contributed by atoms with Gasteiger partial charge in [-0.1, -0.05) is 0 Å². The number of pyridine rings is 1. The number of likely N-dealkylation sites (tertiary alicyclic amines) is 1. The van der Waals surface area contributed by atoms with E-state index in [0.29, 0.717) is 12.1 Å². The first-order valence-corrected chi connectivity index (χ1v) is 5.37. The average molecular weight is 220 g/mol. The van der Waals surface area contributed by atoms with E-state index in [0.717, 1.165) is 18.8 Å². The van der Waals surface area contributed by atoms with Gasteiger partial charge in [0.15, 0.2) is 0 Å². The van der Waals surface area contributed by atoms with E-state index in [4.69, 9.17) is 5.73 Å². The van der Waals surface area contributed by atoms with Crippen molar-refractivity contribution >= 4 is 17.4 Å². The third-order valence-electron chi connectivity index (χ3n) is 2.76. The van der Waals surface area contributed by atoms with Gasteiger partial charge < -0.3 is 16.0 Å². The average Bonchev–Trinajstić information content (AvgIpc) is 2.24. The van der Waals surface area contributed by atoms with Crippen LogP contribution in [0.5, 0.6) is 0 Å². The molecule has 86 valence electrons. The van der Waals surface area contributed by atoms with Gasteiger partial charge in [-0.2, -0.15) is 0 Å². The quantitative estimate of drug-likeness (QED) is 0.769. The zero-order valence-corrected chi connectivity index (χ0v) is 9.31. The van der Waals surface area contributed by atoms with Gasteiger partial charge in [0, 0.05) is 44.0 Å². The number of nitrogens with two attached hydrogens (primary N) is 1. The number of hydrogen-bond acceptors (Lipinski definition) is 4. The summed E-state index contributed by atoms with van der Waals surface area (Å²) in [6.07, 6.45) is 3.12. The van der Waals surface area contributed by atoms with Crippen LogP contribution < -0.4 is 11.1 Å². The molecule has 0 radical (unpaired) electrons. The monoisotopic (exact) mass is 220 g/mol. The highest BCUT2D eigenvalue weighted by Gasteiger charge is 2.22. The Bertz CT molecular complexity index is 393. The molecule has 1 aliphatic heterocycles. The van der Waals surface area contributed by atoms with Crippen LogP contribution in [-0.4, -0.2) is 35.4 Å². The summed E-state index contributed by atoms with van der Waals surface area (Å²) in [7, 11) is 1.82. The molecule has 5 nitrogen and oxygen atoms in total. The zero-order valence-electron chi connectivity index (χ0n) is 9.31. The first kappa shape index (κ1) is 10.7. The van der Waals surface area contributed by atoms with Gasteiger partial charge in [-0.25, -0.2) is 4.98 Å². The molecule has 0 aliphatic carbocycles. The van der Waals surface area contributed by atoms with Gasteiger partial charge >= 0.3 is 0 Å². The van der Waals surface area contributed by atoms with Crippen molar-refractivity contribution in [2.24, 2.45) is 0 Å². The van der Waals surface area contributed by atoms with Crippen LogP contribution in [0.1, 0.15) is 12.8 Å². The van der Waals surface area contributed by atoms with E-state index in [1.165, 1.54) is 0 Å². The van der Waals surface area contributed by atoms with Crippen LogP contribution in [0.4, 0.5) is 11.5 Å². The number of carbonyl (C=O) groups is 1. The van der Waals surface area contributed by atoms with E-state index >= 15 is 0 Å². The molecule has 2 heterocycles. The fourth-order valence-electron chi connectivity index (χ4n) is 1.87. The molecule has 3 N–H and O–H groups in total. The number of rotatable bonds is 2. The fourth-order valence-corrected chi connectivity index (χ4v) is 1.87. The molecule has 0 aromatic carbocycles. The topological polar surface area (TPSA) is 71.2 Å². The molecule has 5 heteroatoms. The van der Waals surface area contributed by atoms with E-state index in [2.05, 4.69) is 10.3 Å². The number of anilines is 2. The van der Waals surface area contributed by atoms with Crippen molar-refractivity contribution in [1.82, 2.24) is 9.88 Å². The van der Waals surface area contributed by atoms with Crippen molar-refractivity contribution in [2.45, 2.75) is 18.9 Å². The number of carbonyl (C=O) groups excluding carboxylic acids is 1. The molecule has 1 amide bonds. The largest absolute Gasteiger partial charge is 0.399 e. The number of likely N-dealkylation sites (N-methyl/N-ethyl adjacent to an activating group) is 1. The molecule has 1 aliphatic rings. The number of nitrogens with zero attached hydrogens (tertiary/aromatic N) is 2. The second-order valence-electron chi connectivity index (χ2n) is 4.13. The minimum atomic E-state index is 0.207. The minimum Gasteiger partial charge on any atom is -0.399 e. The minimum absolute atomic E-state index is 0.207. The van der Waals surface area contributed by atoms with Crippen LogP contribution in [0.25, 0.3) is 0 Å². The second-order valence-corrected chi connectivity index (χ2v) is 4.13. The molecule has 1 atom stereocenters. The smallest absolute Gasteiger partial charge is 0.222 e. The van der Waals surface area contributed by atoms with Gasteiger partial charge in [-0.15, -0.1) is 0 Å². The lowest BCUT2D eigenvalue weighted by atomic mass is 10.1. The van der Waals surface area contributed by atoms with Crippen LogP contribution in [-0.2, 0) is 4.79 Å². The van der Waals surface area contributed by atoms with Crippen LogP contribution in [0.3, 0.4) is 0 Å². The Balaban J connectivity index is 1.98. The van der Waals surface area contributed by atoms with Crippen molar-refractivity contribution in [3.05, 3.63) is 18.3 Å². The Kier molecular flexibility index (Phi) is 2.94. The van der Waals surface area contributed by atoms with Crippen molar-refractivity contribution < 1.29 is 4.79 Å². The number of hydrogen-bond donors (Lipinski definition) is 2. The van der Waals surface area contributed by atoms with Crippen LogP contribution >= 0.6 is 0 Å². The number of piperidine rings is 1. The van der Waals surface area contributed by atoms with Crippen molar-refractivity contribution in [1.29, 1.82) is 0 Å². The van der Waals surface area contributed by atoms with Crippen molar-refractivity contribution in [3.8, 4) is 0 Å². The number of nitrogen functional groups attached to an aromatic ring is 1. The summed E-state index contributed by atoms with van der Waals surface area (Å²) in [4.78, 5) is 17.2. The van der Waals surface area contributed by atoms with Crippen LogP contribution in [0.15, 0.2) is 18.3 Å². The highest BCUT2D eigenvalue weighted by Crippen LogP contribution is 2.15. The standard InChI is InChI=1S/C11H16N4O/c1-15-7-9(2-3-11(15)16)14-10-6-8(12)4-5-13-10/h4-6,9H,2-3,7H2,1H3,(H3,12,13,14). The summed E-state index contributed by atoms with van der Waals surface area (Å²) < 4.78 is 0. The summed E-state index contributed by atoms with van der Waals surface area (Å²) >= 11 is 0. The Hall–Kier alpha value is -1.78. The molecular weight excluding hydrogens is 204 g/mol. The first-order chi connectivity index (χ1) is 7.65. The van der Waals surface area contributed by atoms with E-state index in [1.54, 1.807) is 23.2 Å². The van der Waals surface area contributed by atoms with Crippen LogP contribution in [0, 0.1) is 0 Å². The van der Waals surface area contributed by atoms with E-state index in [9.17, 15) is 4.79 Å². The van der Waals surface area contributed by atoms with Gasteiger partial charge in [0.05, 0.1) is 0 Å². The summed E-state index contributed by atoms with van der Waals surface area (Å²) in [6.45, 7) is 0.718. The molecule has 0 saturated carbocycles. The normalized spacial score (nSPS) is 20.9. The molecule has 1 unspecified atom stereocenters. The fraction of sp³-hybridized carbons (Fsp3) is 0.455. The maximum absolute atomic E-state index is 11.3. The third kappa shape index (κ3) is 2.42. The second kappa shape index (κ2) is 4.38. The number of nitrogens with one attached hydrogen (secondary N) is 1. The van der Waals surface area contributed by atoms with Gasteiger partial charge in [-0.3, -0.25) is 4.79 Å². The highest BCUT2D eigenvalue weighted by atomic mass is 16.2. The van der Waals surface area contributed by atoms with Gasteiger partial charge in [0.1, 0.15) is 5.82 Å². The molecule has 1 aromatic heterocycles. The third-order valence-corrected chi connectivity index (χ3v) is 2.76. The van der Waals surface area contributed by atoms with Crippen molar-refractivity contribution in [2.75, 3.05) is 24.6 Å². The Morgan fingerprint density at radius 2 is 2.44 bits per heavy atom. The number of aromatic nitrogens is 1. The molecule has 1 saturated heterocycles. The maximum atomic E-state index is 11.3. The Morgan fingerprint density at radius 1 is 1.62 bits per heavy atom. The Labute approximate surface area is 94.6 Å². The lowest BCUT2D eigenvalue weighted by Crippen LogP contribution is -2.43. The molecular formula is C11H16N4O. The summed E-state index contributed by atoms with van der Waals surface area (Å²) in [6, 6.07) is 3.81. The van der Waals surface area contributed by atoms with Gasteiger partial charge in [0.25, 0.3) is 0 Å². The number of amides is 1. The zero-order chi connectivity index (χ0) is 11.5. The Morgan fingerprint density at radius 3 is 3.12 bits per heavy atom. The van der Waals surface area contributed by atoms with Gasteiger partial charge in [0.2, 0.25) is 5.91 Å². The molecule has 1 aromatic rings. The van der Waals surface area contributed by atoms with Crippen molar-refractivity contribution in [3.63, 3.8) is 0 Å². The molecule has 2 rings (SSSR count). The van der Waals surface area contributed by atoms with E-state index in [1.807, 2.05) is 7.05 Å². The predicted octanol–water partition coefficient (Wildman–Crippen LogP) is 0.696.